The zero-order valence-electron chi connectivity index (χ0n) is 11.7. The summed E-state index contributed by atoms with van der Waals surface area (Å²) in [7, 11) is 0. The second-order valence-corrected chi connectivity index (χ2v) is 6.90. The predicted octanol–water partition coefficient (Wildman–Crippen LogP) is 3.05. The molecule has 0 aromatic heterocycles. The van der Waals surface area contributed by atoms with E-state index in [1.807, 2.05) is 0 Å². The van der Waals surface area contributed by atoms with E-state index in [1.54, 1.807) is 0 Å². The van der Waals surface area contributed by atoms with Gasteiger partial charge in [-0.15, -0.1) is 0 Å². The van der Waals surface area contributed by atoms with Gasteiger partial charge in [-0.3, -0.25) is 4.79 Å². The van der Waals surface area contributed by atoms with Crippen LogP contribution in [0.4, 0.5) is 0 Å². The van der Waals surface area contributed by atoms with E-state index in [-0.39, 0.29) is 5.92 Å². The normalized spacial score (nSPS) is 35.6. The van der Waals surface area contributed by atoms with E-state index in [4.69, 9.17) is 5.11 Å². The molecule has 2 N–H and O–H groups in total. The van der Waals surface area contributed by atoms with E-state index in [2.05, 4.69) is 19.2 Å². The molecule has 1 unspecified atom stereocenters. The lowest BCUT2D eigenvalue weighted by atomic mass is 9.81. The van der Waals surface area contributed by atoms with Crippen LogP contribution in [0.1, 0.15) is 58.8 Å². The van der Waals surface area contributed by atoms with Crippen molar-refractivity contribution in [2.24, 2.45) is 17.3 Å². The fraction of sp³-hybridized carbons (Fsp3) is 0.933. The van der Waals surface area contributed by atoms with Crippen LogP contribution in [0.5, 0.6) is 0 Å². The van der Waals surface area contributed by atoms with Gasteiger partial charge in [0, 0.05) is 6.04 Å². The van der Waals surface area contributed by atoms with Gasteiger partial charge in [-0.25, -0.2) is 0 Å². The Morgan fingerprint density at radius 3 is 2.39 bits per heavy atom. The minimum Gasteiger partial charge on any atom is -0.481 e. The fourth-order valence-electron chi connectivity index (χ4n) is 3.63. The van der Waals surface area contributed by atoms with E-state index in [1.165, 1.54) is 19.3 Å². The van der Waals surface area contributed by atoms with Crippen molar-refractivity contribution < 1.29 is 9.90 Å². The Labute approximate surface area is 110 Å². The van der Waals surface area contributed by atoms with Gasteiger partial charge in [0.15, 0.2) is 0 Å². The van der Waals surface area contributed by atoms with Crippen molar-refractivity contribution in [2.45, 2.75) is 64.8 Å². The first-order valence-electron chi connectivity index (χ1n) is 7.45. The molecule has 2 saturated carbocycles. The lowest BCUT2D eigenvalue weighted by Gasteiger charge is -2.32. The van der Waals surface area contributed by atoms with Crippen molar-refractivity contribution in [1.82, 2.24) is 5.32 Å². The standard InChI is InChI=1S/C15H27NO2/c1-15(2)9-3-4-13(15)16-10-11-5-7-12(8-6-11)14(17)18/h11-13,16H,3-10H2,1-2H3,(H,17,18). The third-order valence-electron chi connectivity index (χ3n) is 5.11. The zero-order valence-corrected chi connectivity index (χ0v) is 11.7. The van der Waals surface area contributed by atoms with Gasteiger partial charge in [0.2, 0.25) is 0 Å². The van der Waals surface area contributed by atoms with Crippen LogP contribution >= 0.6 is 0 Å². The molecule has 104 valence electrons. The molecule has 0 bridgehead atoms. The minimum absolute atomic E-state index is 0.0795. The highest BCUT2D eigenvalue weighted by atomic mass is 16.4. The third-order valence-corrected chi connectivity index (χ3v) is 5.11. The van der Waals surface area contributed by atoms with Crippen molar-refractivity contribution in [2.75, 3.05) is 6.54 Å². The van der Waals surface area contributed by atoms with E-state index < -0.39 is 5.97 Å². The summed E-state index contributed by atoms with van der Waals surface area (Å²) in [4.78, 5) is 10.9. The van der Waals surface area contributed by atoms with Crippen molar-refractivity contribution in [3.05, 3.63) is 0 Å². The summed E-state index contributed by atoms with van der Waals surface area (Å²) in [6, 6.07) is 0.662. The Balaban J connectivity index is 1.71. The summed E-state index contributed by atoms with van der Waals surface area (Å²) < 4.78 is 0. The molecule has 3 heteroatoms. The summed E-state index contributed by atoms with van der Waals surface area (Å²) in [6.07, 6.45) is 7.88. The van der Waals surface area contributed by atoms with Gasteiger partial charge in [-0.2, -0.15) is 0 Å². The number of aliphatic carboxylic acids is 1. The Morgan fingerprint density at radius 2 is 1.89 bits per heavy atom. The molecule has 1 atom stereocenters. The van der Waals surface area contributed by atoms with Crippen molar-refractivity contribution in [1.29, 1.82) is 0 Å². The van der Waals surface area contributed by atoms with Gasteiger partial charge in [-0.1, -0.05) is 20.3 Å². The second kappa shape index (κ2) is 5.60. The van der Waals surface area contributed by atoms with E-state index >= 15 is 0 Å². The average molecular weight is 253 g/mol. The van der Waals surface area contributed by atoms with Crippen LogP contribution in [-0.4, -0.2) is 23.7 Å². The molecule has 0 saturated heterocycles. The molecular weight excluding hydrogens is 226 g/mol. The van der Waals surface area contributed by atoms with Gasteiger partial charge in [-0.05, 0) is 56.4 Å². The van der Waals surface area contributed by atoms with Gasteiger partial charge >= 0.3 is 5.97 Å². The lowest BCUT2D eigenvalue weighted by molar-refractivity contribution is -0.143. The van der Waals surface area contributed by atoms with Crippen LogP contribution in [0.15, 0.2) is 0 Å². The first-order valence-corrected chi connectivity index (χ1v) is 7.45. The van der Waals surface area contributed by atoms with Gasteiger partial charge in [0.25, 0.3) is 0 Å². The number of rotatable bonds is 4. The molecule has 3 nitrogen and oxygen atoms in total. The first-order chi connectivity index (χ1) is 8.49. The molecule has 0 aromatic rings. The SMILES string of the molecule is CC1(C)CCCC1NCC1CCC(C(=O)O)CC1. The summed E-state index contributed by atoms with van der Waals surface area (Å²) in [5, 5.41) is 12.7. The van der Waals surface area contributed by atoms with Crippen molar-refractivity contribution in [3.63, 3.8) is 0 Å². The Bertz CT molecular complexity index is 293. The smallest absolute Gasteiger partial charge is 0.306 e. The summed E-state index contributed by atoms with van der Waals surface area (Å²) in [5.74, 6) is 0.0134. The predicted molar refractivity (Wildman–Crippen MR) is 72.5 cm³/mol. The highest BCUT2D eigenvalue weighted by Gasteiger charge is 2.34. The Morgan fingerprint density at radius 1 is 1.22 bits per heavy atom. The number of hydrogen-bond donors (Lipinski definition) is 2. The molecule has 18 heavy (non-hydrogen) atoms. The van der Waals surface area contributed by atoms with Crippen LogP contribution in [0.3, 0.4) is 0 Å². The summed E-state index contributed by atoms with van der Waals surface area (Å²) in [6.45, 7) is 5.80. The number of hydrogen-bond acceptors (Lipinski definition) is 2. The summed E-state index contributed by atoms with van der Waals surface area (Å²) in [5.41, 5.74) is 0.443. The van der Waals surface area contributed by atoms with Crippen LogP contribution < -0.4 is 5.32 Å². The molecule has 2 fully saturated rings. The molecule has 2 aliphatic carbocycles. The number of carbonyl (C=O) groups is 1. The minimum atomic E-state index is -0.599. The lowest BCUT2D eigenvalue weighted by Crippen LogP contribution is -2.41. The molecule has 0 spiro atoms. The second-order valence-electron chi connectivity index (χ2n) is 6.90. The van der Waals surface area contributed by atoms with Gasteiger partial charge in [0.05, 0.1) is 5.92 Å². The average Bonchev–Trinajstić information content (AvgIpc) is 2.66. The topological polar surface area (TPSA) is 49.3 Å². The van der Waals surface area contributed by atoms with Gasteiger partial charge < -0.3 is 10.4 Å². The highest BCUT2D eigenvalue weighted by Crippen LogP contribution is 2.37. The molecule has 2 rings (SSSR count). The Kier molecular flexibility index (Phi) is 4.31. The third kappa shape index (κ3) is 3.25. The van der Waals surface area contributed by atoms with E-state index in [9.17, 15) is 4.79 Å². The molecule has 0 heterocycles. The first kappa shape index (κ1) is 13.9. The summed E-state index contributed by atoms with van der Waals surface area (Å²) >= 11 is 0. The maximum atomic E-state index is 10.9. The highest BCUT2D eigenvalue weighted by molar-refractivity contribution is 5.69. The molecule has 0 aliphatic heterocycles. The van der Waals surface area contributed by atoms with E-state index in [0.717, 1.165) is 32.2 Å². The number of carboxylic acid groups (broad SMARTS) is 1. The van der Waals surface area contributed by atoms with Crippen LogP contribution in [0.2, 0.25) is 0 Å². The van der Waals surface area contributed by atoms with Crippen LogP contribution in [0, 0.1) is 17.3 Å². The van der Waals surface area contributed by atoms with Crippen molar-refractivity contribution >= 4 is 5.97 Å². The monoisotopic (exact) mass is 253 g/mol. The molecular formula is C15H27NO2. The number of nitrogens with one attached hydrogen (secondary N) is 1. The maximum absolute atomic E-state index is 10.9. The zero-order chi connectivity index (χ0) is 13.2. The molecule has 0 radical (unpaired) electrons. The Hall–Kier alpha value is -0.570. The maximum Gasteiger partial charge on any atom is 0.306 e. The van der Waals surface area contributed by atoms with Crippen LogP contribution in [0.25, 0.3) is 0 Å². The molecule has 2 aliphatic rings. The quantitative estimate of drug-likeness (QED) is 0.809. The van der Waals surface area contributed by atoms with E-state index in [0.29, 0.717) is 17.4 Å². The number of carboxylic acids is 1. The van der Waals surface area contributed by atoms with Crippen LogP contribution in [-0.2, 0) is 4.79 Å². The fourth-order valence-corrected chi connectivity index (χ4v) is 3.63. The van der Waals surface area contributed by atoms with Gasteiger partial charge in [0.1, 0.15) is 0 Å². The largest absolute Gasteiger partial charge is 0.481 e. The molecule has 0 aromatic carbocycles. The van der Waals surface area contributed by atoms with Crippen molar-refractivity contribution in [3.8, 4) is 0 Å². The molecule has 0 amide bonds.